The summed E-state index contributed by atoms with van der Waals surface area (Å²) < 4.78 is 5.50. The molecule has 0 spiro atoms. The Morgan fingerprint density at radius 1 is 1.11 bits per heavy atom. The van der Waals surface area contributed by atoms with Crippen LogP contribution >= 0.6 is 11.6 Å². The predicted octanol–water partition coefficient (Wildman–Crippen LogP) is 3.69. The summed E-state index contributed by atoms with van der Waals surface area (Å²) in [4.78, 5) is 0. The van der Waals surface area contributed by atoms with Gasteiger partial charge >= 0.3 is 0 Å². The van der Waals surface area contributed by atoms with Crippen molar-refractivity contribution in [3.8, 4) is 5.75 Å². The summed E-state index contributed by atoms with van der Waals surface area (Å²) in [6.45, 7) is 0. The van der Waals surface area contributed by atoms with E-state index in [2.05, 4.69) is 6.07 Å². The molecule has 98 valence electrons. The summed E-state index contributed by atoms with van der Waals surface area (Å²) in [7, 11) is 1.71. The van der Waals surface area contributed by atoms with Crippen LogP contribution in [0.4, 0.5) is 0 Å². The molecule has 3 heteroatoms. The fourth-order valence-electron chi connectivity index (χ4n) is 3.66. The summed E-state index contributed by atoms with van der Waals surface area (Å²) in [5, 5.41) is 11.1. The van der Waals surface area contributed by atoms with E-state index in [1.807, 2.05) is 12.1 Å². The van der Waals surface area contributed by atoms with Crippen LogP contribution in [0.25, 0.3) is 0 Å². The number of rotatable bonds is 2. The minimum atomic E-state index is -0.395. The molecule has 0 saturated heterocycles. The van der Waals surface area contributed by atoms with E-state index in [-0.39, 0.29) is 5.41 Å². The van der Waals surface area contributed by atoms with Crippen LogP contribution in [0.2, 0.25) is 5.02 Å². The lowest BCUT2D eigenvalue weighted by molar-refractivity contribution is -0.0664. The molecule has 4 rings (SSSR count). The van der Waals surface area contributed by atoms with E-state index in [9.17, 15) is 5.11 Å². The molecule has 1 N–H and O–H groups in total. The minimum Gasteiger partial charge on any atom is -0.496 e. The predicted molar refractivity (Wildman–Crippen MR) is 72.3 cm³/mol. The van der Waals surface area contributed by atoms with Crippen molar-refractivity contribution in [3.63, 3.8) is 0 Å². The van der Waals surface area contributed by atoms with E-state index in [1.165, 1.54) is 5.56 Å². The summed E-state index contributed by atoms with van der Waals surface area (Å²) >= 11 is 6.15. The van der Waals surface area contributed by atoms with Gasteiger partial charge in [-0.2, -0.15) is 0 Å². The Morgan fingerprint density at radius 3 is 2.28 bits per heavy atom. The first kappa shape index (κ1) is 12.3. The van der Waals surface area contributed by atoms with Crippen molar-refractivity contribution in [1.29, 1.82) is 0 Å². The molecule has 0 heterocycles. The zero-order chi connectivity index (χ0) is 12.8. The summed E-state index contributed by atoms with van der Waals surface area (Å²) in [6, 6.07) is 5.89. The van der Waals surface area contributed by atoms with Crippen LogP contribution in [0.1, 0.15) is 44.1 Å². The van der Waals surface area contributed by atoms with E-state index in [1.54, 1.807) is 7.11 Å². The first-order valence-electron chi connectivity index (χ1n) is 6.63. The Labute approximate surface area is 113 Å². The number of benzene rings is 1. The smallest absolute Gasteiger partial charge is 0.122 e. The third-order valence-electron chi connectivity index (χ3n) is 4.94. The maximum Gasteiger partial charge on any atom is 0.122 e. The van der Waals surface area contributed by atoms with Gasteiger partial charge in [0.05, 0.1) is 12.7 Å². The fraction of sp³-hybridized carbons (Fsp3) is 0.600. The molecule has 0 amide bonds. The number of halogens is 1. The molecular formula is C15H19ClO2. The summed E-state index contributed by atoms with van der Waals surface area (Å²) in [5.74, 6) is 0.937. The van der Waals surface area contributed by atoms with Gasteiger partial charge in [-0.3, -0.25) is 0 Å². The van der Waals surface area contributed by atoms with Gasteiger partial charge in [0.25, 0.3) is 0 Å². The van der Waals surface area contributed by atoms with Gasteiger partial charge in [-0.05, 0) is 62.1 Å². The summed E-state index contributed by atoms with van der Waals surface area (Å²) in [5.41, 5.74) is 1.01. The number of hydrogen-bond acceptors (Lipinski definition) is 2. The lowest BCUT2D eigenvalue weighted by atomic mass is 9.56. The Morgan fingerprint density at radius 2 is 1.72 bits per heavy atom. The highest BCUT2D eigenvalue weighted by Crippen LogP contribution is 2.55. The quantitative estimate of drug-likeness (QED) is 0.885. The molecule has 3 aliphatic rings. The molecule has 1 aromatic carbocycles. The van der Waals surface area contributed by atoms with E-state index >= 15 is 0 Å². The van der Waals surface area contributed by atoms with Crippen molar-refractivity contribution in [2.75, 3.05) is 7.11 Å². The van der Waals surface area contributed by atoms with Crippen molar-refractivity contribution in [3.05, 3.63) is 28.8 Å². The lowest BCUT2D eigenvalue weighted by Gasteiger charge is -2.51. The van der Waals surface area contributed by atoms with Crippen molar-refractivity contribution in [1.82, 2.24) is 0 Å². The molecule has 0 radical (unpaired) electrons. The van der Waals surface area contributed by atoms with Crippen molar-refractivity contribution < 1.29 is 9.84 Å². The van der Waals surface area contributed by atoms with Gasteiger partial charge in [-0.25, -0.2) is 0 Å². The normalized spacial score (nSPS) is 34.6. The molecule has 3 fully saturated rings. The molecule has 3 saturated carbocycles. The highest BCUT2D eigenvalue weighted by atomic mass is 35.5. The van der Waals surface area contributed by atoms with Crippen molar-refractivity contribution >= 4 is 11.6 Å². The fourth-order valence-corrected chi connectivity index (χ4v) is 3.84. The Bertz CT molecular complexity index is 445. The van der Waals surface area contributed by atoms with E-state index in [4.69, 9.17) is 16.3 Å². The van der Waals surface area contributed by atoms with E-state index in [0.29, 0.717) is 0 Å². The first-order chi connectivity index (χ1) is 8.57. The molecule has 18 heavy (non-hydrogen) atoms. The highest BCUT2D eigenvalue weighted by Gasteiger charge is 2.49. The van der Waals surface area contributed by atoms with Crippen LogP contribution in [0.3, 0.4) is 0 Å². The first-order valence-corrected chi connectivity index (χ1v) is 7.01. The van der Waals surface area contributed by atoms with Gasteiger partial charge in [0.2, 0.25) is 0 Å². The number of fused-ring (bicyclic) bond motifs is 3. The molecule has 3 aliphatic carbocycles. The molecule has 2 nitrogen and oxygen atoms in total. The number of aliphatic hydroxyl groups is 1. The Hall–Kier alpha value is -0.730. The molecule has 0 aromatic heterocycles. The van der Waals surface area contributed by atoms with E-state index in [0.717, 1.165) is 49.3 Å². The number of methoxy groups -OCH3 is 1. The average molecular weight is 267 g/mol. The van der Waals surface area contributed by atoms with Crippen molar-refractivity contribution in [2.45, 2.75) is 49.5 Å². The molecule has 0 unspecified atom stereocenters. The summed E-state index contributed by atoms with van der Waals surface area (Å²) in [6.07, 6.45) is 5.84. The Balaban J connectivity index is 2.02. The van der Waals surface area contributed by atoms with Gasteiger partial charge in [0, 0.05) is 10.6 Å². The largest absolute Gasteiger partial charge is 0.496 e. The highest BCUT2D eigenvalue weighted by molar-refractivity contribution is 6.30. The van der Waals surface area contributed by atoms with Gasteiger partial charge in [-0.15, -0.1) is 0 Å². The average Bonchev–Trinajstić information content (AvgIpc) is 2.40. The second-order valence-corrected chi connectivity index (χ2v) is 6.29. The Kier molecular flexibility index (Phi) is 2.83. The SMILES string of the molecule is COc1ccc(Cl)cc1C12CCC(O)(CC1)CC2. The lowest BCUT2D eigenvalue weighted by Crippen LogP contribution is -2.48. The number of hydrogen-bond donors (Lipinski definition) is 1. The van der Waals surface area contributed by atoms with Crippen LogP contribution in [0.5, 0.6) is 5.75 Å². The third kappa shape index (κ3) is 1.83. The number of ether oxygens (including phenoxy) is 1. The molecule has 0 atom stereocenters. The van der Waals surface area contributed by atoms with Crippen LogP contribution in [-0.4, -0.2) is 17.8 Å². The zero-order valence-corrected chi connectivity index (χ0v) is 11.5. The second kappa shape index (κ2) is 4.14. The molecule has 2 bridgehead atoms. The minimum absolute atomic E-state index is 0.167. The molecular weight excluding hydrogens is 248 g/mol. The van der Waals surface area contributed by atoms with Gasteiger partial charge in [0.1, 0.15) is 5.75 Å². The van der Waals surface area contributed by atoms with Gasteiger partial charge in [-0.1, -0.05) is 11.6 Å². The zero-order valence-electron chi connectivity index (χ0n) is 10.7. The van der Waals surface area contributed by atoms with E-state index < -0.39 is 5.60 Å². The van der Waals surface area contributed by atoms with Crippen LogP contribution in [0, 0.1) is 0 Å². The standard InChI is InChI=1S/C15H19ClO2/c1-18-13-3-2-11(16)10-12(13)14-4-7-15(17,8-5-14)9-6-14/h2-3,10,17H,4-9H2,1H3. The van der Waals surface area contributed by atoms with Crippen LogP contribution in [0.15, 0.2) is 18.2 Å². The van der Waals surface area contributed by atoms with Gasteiger partial charge < -0.3 is 9.84 Å². The van der Waals surface area contributed by atoms with Crippen molar-refractivity contribution in [2.24, 2.45) is 0 Å². The van der Waals surface area contributed by atoms with Crippen LogP contribution < -0.4 is 4.74 Å². The van der Waals surface area contributed by atoms with Gasteiger partial charge in [0.15, 0.2) is 0 Å². The second-order valence-electron chi connectivity index (χ2n) is 5.85. The maximum absolute atomic E-state index is 10.3. The molecule has 1 aromatic rings. The third-order valence-corrected chi connectivity index (χ3v) is 5.17. The molecule has 0 aliphatic heterocycles. The monoisotopic (exact) mass is 266 g/mol. The maximum atomic E-state index is 10.3. The topological polar surface area (TPSA) is 29.5 Å². The van der Waals surface area contributed by atoms with Crippen LogP contribution in [-0.2, 0) is 5.41 Å².